The van der Waals surface area contributed by atoms with E-state index in [1.807, 2.05) is 25.1 Å². The zero-order valence-electron chi connectivity index (χ0n) is 13.9. The van der Waals surface area contributed by atoms with Gasteiger partial charge in [-0.05, 0) is 37.7 Å². The molecule has 1 atom stereocenters. The number of hydrogen-bond donors (Lipinski definition) is 0. The van der Waals surface area contributed by atoms with E-state index in [1.165, 1.54) is 5.70 Å². The summed E-state index contributed by atoms with van der Waals surface area (Å²) >= 11 is 1.67. The predicted molar refractivity (Wildman–Crippen MR) is 97.0 cm³/mol. The number of carbonyl (C=O) groups excluding carboxylic acids is 1. The van der Waals surface area contributed by atoms with Crippen LogP contribution in [0, 0.1) is 0 Å². The summed E-state index contributed by atoms with van der Waals surface area (Å²) in [5.41, 5.74) is 4.07. The van der Waals surface area contributed by atoms with Crippen LogP contribution in [-0.4, -0.2) is 15.9 Å². The molecule has 2 heterocycles. The van der Waals surface area contributed by atoms with E-state index in [0.29, 0.717) is 0 Å². The van der Waals surface area contributed by atoms with Crippen LogP contribution in [0.1, 0.15) is 51.6 Å². The monoisotopic (exact) mass is 326 g/mol. The van der Waals surface area contributed by atoms with Crippen LogP contribution in [-0.2, 0) is 4.79 Å². The molecule has 3 rings (SSSR count). The number of carbonyl (C=O) groups is 1. The normalized spacial score (nSPS) is 20.3. The number of amidine groups is 1. The molecule has 0 aromatic heterocycles. The summed E-state index contributed by atoms with van der Waals surface area (Å²) in [6.45, 7) is 5.79. The highest BCUT2D eigenvalue weighted by Crippen LogP contribution is 2.44. The van der Waals surface area contributed by atoms with Gasteiger partial charge in [0.15, 0.2) is 11.0 Å². The molecule has 23 heavy (non-hydrogen) atoms. The molecule has 0 amide bonds. The third-order valence-electron chi connectivity index (χ3n) is 4.28. The van der Waals surface area contributed by atoms with E-state index in [9.17, 15) is 4.79 Å². The Hall–Kier alpha value is -1.81. The summed E-state index contributed by atoms with van der Waals surface area (Å²) in [6, 6.07) is 10.2. The molecule has 2 aliphatic rings. The van der Waals surface area contributed by atoms with Crippen molar-refractivity contribution in [3.63, 3.8) is 0 Å². The quantitative estimate of drug-likeness (QED) is 0.760. The first-order valence-electron chi connectivity index (χ1n) is 8.13. The Morgan fingerprint density at radius 2 is 2.04 bits per heavy atom. The van der Waals surface area contributed by atoms with Crippen molar-refractivity contribution in [1.82, 2.24) is 4.90 Å². The summed E-state index contributed by atoms with van der Waals surface area (Å²) < 4.78 is 0. The zero-order chi connectivity index (χ0) is 16.4. The molecule has 4 heteroatoms. The molecule has 2 aliphatic heterocycles. The van der Waals surface area contributed by atoms with Gasteiger partial charge in [-0.2, -0.15) is 0 Å². The van der Waals surface area contributed by atoms with Gasteiger partial charge < -0.3 is 4.90 Å². The Morgan fingerprint density at radius 3 is 2.70 bits per heavy atom. The fourth-order valence-electron chi connectivity index (χ4n) is 3.18. The standard InChI is InChI=1S/C19H22N2OS/c1-4-5-11-16-12-23-19-20-13(2)17(14(3)22)18(21(16)19)15-9-7-6-8-10-15/h6-10,12,18H,4-5,11H2,1-3H3. The lowest BCUT2D eigenvalue weighted by atomic mass is 9.91. The van der Waals surface area contributed by atoms with Crippen molar-refractivity contribution < 1.29 is 4.79 Å². The van der Waals surface area contributed by atoms with E-state index in [2.05, 4.69) is 29.4 Å². The van der Waals surface area contributed by atoms with E-state index in [4.69, 9.17) is 4.99 Å². The van der Waals surface area contributed by atoms with Crippen molar-refractivity contribution in [3.05, 3.63) is 58.3 Å². The van der Waals surface area contributed by atoms with Gasteiger partial charge in [0.25, 0.3) is 0 Å². The van der Waals surface area contributed by atoms with Crippen molar-refractivity contribution in [3.8, 4) is 0 Å². The second-order valence-electron chi connectivity index (χ2n) is 5.96. The van der Waals surface area contributed by atoms with Crippen LogP contribution in [0.2, 0.25) is 0 Å². The van der Waals surface area contributed by atoms with E-state index in [0.717, 1.165) is 41.3 Å². The van der Waals surface area contributed by atoms with Crippen molar-refractivity contribution in [2.45, 2.75) is 46.1 Å². The SMILES string of the molecule is CCCCC1=CSC2=NC(C)=C(C(C)=O)C(c3ccccc3)N12. The Morgan fingerprint density at radius 1 is 1.30 bits per heavy atom. The first kappa shape index (κ1) is 16.1. The van der Waals surface area contributed by atoms with Gasteiger partial charge in [-0.3, -0.25) is 4.79 Å². The second-order valence-corrected chi connectivity index (χ2v) is 6.80. The van der Waals surface area contributed by atoms with Crippen molar-refractivity contribution in [2.75, 3.05) is 0 Å². The molecule has 3 nitrogen and oxygen atoms in total. The van der Waals surface area contributed by atoms with Crippen LogP contribution in [0.4, 0.5) is 0 Å². The molecule has 120 valence electrons. The fourth-order valence-corrected chi connectivity index (χ4v) is 4.18. The molecular weight excluding hydrogens is 304 g/mol. The molecule has 0 N–H and O–H groups in total. The third kappa shape index (κ3) is 3.00. The summed E-state index contributed by atoms with van der Waals surface area (Å²) in [5, 5.41) is 3.19. The number of fused-ring (bicyclic) bond motifs is 1. The van der Waals surface area contributed by atoms with Crippen molar-refractivity contribution >= 4 is 22.7 Å². The smallest absolute Gasteiger partial charge is 0.173 e. The molecule has 0 aliphatic carbocycles. The number of rotatable bonds is 5. The molecule has 0 spiro atoms. The van der Waals surface area contributed by atoms with Gasteiger partial charge in [0.05, 0.1) is 6.04 Å². The number of nitrogens with zero attached hydrogens (tertiary/aromatic N) is 2. The molecule has 0 radical (unpaired) electrons. The lowest BCUT2D eigenvalue weighted by Gasteiger charge is -2.36. The average Bonchev–Trinajstić information content (AvgIpc) is 2.94. The van der Waals surface area contributed by atoms with Crippen molar-refractivity contribution in [2.24, 2.45) is 4.99 Å². The van der Waals surface area contributed by atoms with Gasteiger partial charge >= 0.3 is 0 Å². The maximum atomic E-state index is 12.3. The van der Waals surface area contributed by atoms with Gasteiger partial charge in [-0.1, -0.05) is 55.4 Å². The number of ketones is 1. The number of aliphatic imine (C=N–C) groups is 1. The van der Waals surface area contributed by atoms with E-state index in [-0.39, 0.29) is 11.8 Å². The molecule has 0 fully saturated rings. The highest BCUT2D eigenvalue weighted by Gasteiger charge is 2.38. The van der Waals surface area contributed by atoms with Crippen molar-refractivity contribution in [1.29, 1.82) is 0 Å². The topological polar surface area (TPSA) is 32.7 Å². The Bertz CT molecular complexity index is 703. The Kier molecular flexibility index (Phi) is 4.71. The van der Waals surface area contributed by atoms with Crippen LogP contribution < -0.4 is 0 Å². The number of thioether (sulfide) groups is 1. The summed E-state index contributed by atoms with van der Waals surface area (Å²) in [7, 11) is 0. The first-order chi connectivity index (χ1) is 11.1. The molecule has 0 saturated heterocycles. The number of allylic oxidation sites excluding steroid dienone is 2. The van der Waals surface area contributed by atoms with Crippen LogP contribution in [0.3, 0.4) is 0 Å². The predicted octanol–water partition coefficient (Wildman–Crippen LogP) is 5.04. The lowest BCUT2D eigenvalue weighted by molar-refractivity contribution is -0.114. The third-order valence-corrected chi connectivity index (χ3v) is 5.17. The highest BCUT2D eigenvalue weighted by molar-refractivity contribution is 8.16. The molecule has 1 unspecified atom stereocenters. The molecule has 1 aromatic rings. The summed E-state index contributed by atoms with van der Waals surface area (Å²) in [5.74, 6) is 0.103. The van der Waals surface area contributed by atoms with Gasteiger partial charge in [0.1, 0.15) is 0 Å². The molecule has 1 aromatic carbocycles. The van der Waals surface area contributed by atoms with Gasteiger partial charge in [-0.15, -0.1) is 0 Å². The van der Waals surface area contributed by atoms with E-state index < -0.39 is 0 Å². The second kappa shape index (κ2) is 6.75. The van der Waals surface area contributed by atoms with Gasteiger partial charge in [-0.25, -0.2) is 4.99 Å². The van der Waals surface area contributed by atoms with E-state index in [1.54, 1.807) is 18.7 Å². The highest BCUT2D eigenvalue weighted by atomic mass is 32.2. The molecular formula is C19H22N2OS. The number of benzene rings is 1. The Labute approximate surface area is 142 Å². The number of Topliss-reactive ketones (excluding diaryl/α,β-unsaturated/α-hetero) is 1. The summed E-state index contributed by atoms with van der Waals surface area (Å²) in [6.07, 6.45) is 3.33. The number of unbranched alkanes of at least 4 members (excludes halogenated alkanes) is 1. The molecule has 0 bridgehead atoms. The minimum atomic E-state index is -0.0562. The minimum Gasteiger partial charge on any atom is -0.312 e. The molecule has 0 saturated carbocycles. The van der Waals surface area contributed by atoms with Gasteiger partial charge in [0.2, 0.25) is 0 Å². The van der Waals surface area contributed by atoms with Crippen LogP contribution >= 0.6 is 11.8 Å². The maximum absolute atomic E-state index is 12.3. The lowest BCUT2D eigenvalue weighted by Crippen LogP contribution is -2.35. The Balaban J connectivity index is 2.07. The fraction of sp³-hybridized carbons (Fsp3) is 0.368. The van der Waals surface area contributed by atoms with Crippen LogP contribution in [0.15, 0.2) is 57.7 Å². The number of hydrogen-bond acceptors (Lipinski definition) is 4. The minimum absolute atomic E-state index is 0.0562. The average molecular weight is 326 g/mol. The summed E-state index contributed by atoms with van der Waals surface area (Å²) in [4.78, 5) is 19.3. The first-order valence-corrected chi connectivity index (χ1v) is 9.01. The van der Waals surface area contributed by atoms with E-state index >= 15 is 0 Å². The van der Waals surface area contributed by atoms with Gasteiger partial charge in [0, 0.05) is 17.0 Å². The zero-order valence-corrected chi connectivity index (χ0v) is 14.7. The van der Waals surface area contributed by atoms with Crippen LogP contribution in [0.25, 0.3) is 0 Å². The van der Waals surface area contributed by atoms with Crippen LogP contribution in [0.5, 0.6) is 0 Å². The maximum Gasteiger partial charge on any atom is 0.173 e. The largest absolute Gasteiger partial charge is 0.312 e.